The van der Waals surface area contributed by atoms with Crippen molar-refractivity contribution in [2.75, 3.05) is 0 Å². The second-order valence-electron chi connectivity index (χ2n) is 6.41. The summed E-state index contributed by atoms with van der Waals surface area (Å²) >= 11 is 0. The number of benzene rings is 3. The van der Waals surface area contributed by atoms with E-state index in [0.717, 1.165) is 10.6 Å². The zero-order valence-corrected chi connectivity index (χ0v) is 16.1. The molecule has 3 aromatic rings. The minimum Gasteiger partial charge on any atom is -0.272 e. The smallest absolute Gasteiger partial charge is 0.272 e. The summed E-state index contributed by atoms with van der Waals surface area (Å²) in [5.74, 6) is -0.379. The number of nitrogens with zero attached hydrogens (tertiary/aromatic N) is 3. The summed E-state index contributed by atoms with van der Waals surface area (Å²) in [6.07, 6.45) is 0.207. The molecule has 146 valence electrons. The van der Waals surface area contributed by atoms with Gasteiger partial charge >= 0.3 is 10.1 Å². The van der Waals surface area contributed by atoms with Crippen molar-refractivity contribution in [3.8, 4) is 0 Å². The average Bonchev–Trinajstić information content (AvgIpc) is 2.76. The summed E-state index contributed by atoms with van der Waals surface area (Å²) in [7, 11) is -4.15. The average molecular weight is 407 g/mol. The molecule has 0 aromatic heterocycles. The topological polar surface area (TPSA) is 88.4 Å². The van der Waals surface area contributed by atoms with Gasteiger partial charge in [-0.2, -0.15) is 23.7 Å². The number of rotatable bonds is 6. The van der Waals surface area contributed by atoms with Crippen molar-refractivity contribution >= 4 is 27.4 Å². The molecule has 1 saturated heterocycles. The molecule has 3 aromatic carbocycles. The standard InChI is InChI=1S/C21H17N3O4S/c25-21-15-20(16-7-3-1-4-8-16)24(21)28-29(26,27)19-13-11-18(12-14-19)23-22-17-9-5-2-6-10-17/h1-14,20H,15H2. The predicted molar refractivity (Wildman–Crippen MR) is 106 cm³/mol. The van der Waals surface area contributed by atoms with Gasteiger partial charge in [0.15, 0.2) is 0 Å². The van der Waals surface area contributed by atoms with Crippen molar-refractivity contribution in [3.63, 3.8) is 0 Å². The highest BCUT2D eigenvalue weighted by Crippen LogP contribution is 2.36. The zero-order chi connectivity index (χ0) is 20.3. The number of β-lactam (4-membered cyclic amide) rings is 1. The highest BCUT2D eigenvalue weighted by Gasteiger charge is 2.41. The van der Waals surface area contributed by atoms with E-state index in [1.807, 2.05) is 60.7 Å². The molecule has 0 aliphatic carbocycles. The Bertz CT molecular complexity index is 1130. The Hall–Kier alpha value is -3.36. The first-order chi connectivity index (χ1) is 14.0. The molecule has 0 saturated carbocycles. The molecule has 1 unspecified atom stereocenters. The van der Waals surface area contributed by atoms with Gasteiger partial charge in [-0.25, -0.2) is 0 Å². The molecule has 0 N–H and O–H groups in total. The number of hydrogen-bond donors (Lipinski definition) is 0. The van der Waals surface area contributed by atoms with Crippen molar-refractivity contribution in [2.45, 2.75) is 17.4 Å². The molecule has 0 bridgehead atoms. The van der Waals surface area contributed by atoms with E-state index in [1.165, 1.54) is 24.3 Å². The van der Waals surface area contributed by atoms with Crippen molar-refractivity contribution in [3.05, 3.63) is 90.5 Å². The van der Waals surface area contributed by atoms with E-state index in [2.05, 4.69) is 10.2 Å². The molecular formula is C21H17N3O4S. The maximum atomic E-state index is 12.6. The van der Waals surface area contributed by atoms with Crippen molar-refractivity contribution in [2.24, 2.45) is 10.2 Å². The summed E-state index contributed by atoms with van der Waals surface area (Å²) in [5.41, 5.74) is 2.00. The molecule has 4 rings (SSSR count). The number of hydrogen-bond acceptors (Lipinski definition) is 6. The monoisotopic (exact) mass is 407 g/mol. The normalized spacial score (nSPS) is 16.8. The van der Waals surface area contributed by atoms with E-state index in [9.17, 15) is 13.2 Å². The van der Waals surface area contributed by atoms with Gasteiger partial charge in [-0.15, -0.1) is 4.28 Å². The number of amides is 1. The fourth-order valence-electron chi connectivity index (χ4n) is 2.86. The minimum atomic E-state index is -4.15. The number of carbonyl (C=O) groups is 1. The van der Waals surface area contributed by atoms with Crippen LogP contribution in [0.25, 0.3) is 0 Å². The fraction of sp³-hybridized carbons (Fsp3) is 0.0952. The van der Waals surface area contributed by atoms with Crippen molar-refractivity contribution in [1.29, 1.82) is 0 Å². The lowest BCUT2D eigenvalue weighted by molar-refractivity contribution is -0.189. The molecule has 1 aliphatic heterocycles. The van der Waals surface area contributed by atoms with Crippen LogP contribution in [0.3, 0.4) is 0 Å². The molecule has 0 spiro atoms. The third kappa shape index (κ3) is 4.23. The molecule has 1 atom stereocenters. The van der Waals surface area contributed by atoms with Crippen LogP contribution in [0.4, 0.5) is 11.4 Å². The maximum Gasteiger partial charge on any atom is 0.317 e. The Labute approximate surface area is 168 Å². The number of azo groups is 1. The molecule has 8 heteroatoms. The fourth-order valence-corrected chi connectivity index (χ4v) is 3.81. The Balaban J connectivity index is 1.47. The minimum absolute atomic E-state index is 0.0670. The zero-order valence-electron chi connectivity index (χ0n) is 15.3. The van der Waals surface area contributed by atoms with Crippen LogP contribution in [0, 0.1) is 0 Å². The Morgan fingerprint density at radius 2 is 1.34 bits per heavy atom. The lowest BCUT2D eigenvalue weighted by atomic mass is 9.97. The Morgan fingerprint density at radius 3 is 1.93 bits per heavy atom. The van der Waals surface area contributed by atoms with E-state index in [4.69, 9.17) is 4.28 Å². The highest BCUT2D eigenvalue weighted by molar-refractivity contribution is 7.86. The molecule has 1 amide bonds. The molecule has 1 aliphatic rings. The van der Waals surface area contributed by atoms with E-state index in [1.54, 1.807) is 0 Å². The molecule has 29 heavy (non-hydrogen) atoms. The van der Waals surface area contributed by atoms with Crippen LogP contribution in [0.15, 0.2) is 100 Å². The van der Waals surface area contributed by atoms with Gasteiger partial charge < -0.3 is 0 Å². The van der Waals surface area contributed by atoms with Crippen LogP contribution < -0.4 is 0 Å². The van der Waals surface area contributed by atoms with E-state index >= 15 is 0 Å². The van der Waals surface area contributed by atoms with Crippen molar-refractivity contribution < 1.29 is 17.5 Å². The van der Waals surface area contributed by atoms with Gasteiger partial charge in [0, 0.05) is 0 Å². The van der Waals surface area contributed by atoms with Gasteiger partial charge in [0.2, 0.25) is 5.91 Å². The molecule has 1 fully saturated rings. The second-order valence-corrected chi connectivity index (χ2v) is 7.94. The second kappa shape index (κ2) is 7.94. The van der Waals surface area contributed by atoms with Gasteiger partial charge in [0.1, 0.15) is 0 Å². The number of carbonyl (C=O) groups excluding carboxylic acids is 1. The highest BCUT2D eigenvalue weighted by atomic mass is 32.2. The van der Waals surface area contributed by atoms with Crippen LogP contribution in [0.2, 0.25) is 0 Å². The van der Waals surface area contributed by atoms with E-state index < -0.39 is 16.2 Å². The predicted octanol–water partition coefficient (Wildman–Crippen LogP) is 4.70. The summed E-state index contributed by atoms with van der Waals surface area (Å²) < 4.78 is 30.3. The van der Waals surface area contributed by atoms with Gasteiger partial charge in [0.25, 0.3) is 0 Å². The van der Waals surface area contributed by atoms with E-state index in [0.29, 0.717) is 11.4 Å². The molecular weight excluding hydrogens is 390 g/mol. The lowest BCUT2D eigenvalue weighted by Crippen LogP contribution is -2.47. The number of hydroxylamine groups is 2. The summed E-state index contributed by atoms with van der Waals surface area (Å²) in [4.78, 5) is 11.8. The third-order valence-electron chi connectivity index (χ3n) is 4.42. The van der Waals surface area contributed by atoms with Crippen molar-refractivity contribution in [1.82, 2.24) is 5.06 Å². The molecule has 0 radical (unpaired) electrons. The van der Waals surface area contributed by atoms with Gasteiger partial charge in [-0.1, -0.05) is 48.5 Å². The molecule has 1 heterocycles. The molecule has 7 nitrogen and oxygen atoms in total. The Kier molecular flexibility index (Phi) is 5.20. The Morgan fingerprint density at radius 1 is 0.793 bits per heavy atom. The van der Waals surface area contributed by atoms with Gasteiger partial charge in [-0.3, -0.25) is 4.79 Å². The SMILES string of the molecule is O=C1CC(c2ccccc2)N1OS(=O)(=O)c1ccc(N=Nc2ccccc2)cc1. The third-order valence-corrected chi connectivity index (χ3v) is 5.63. The van der Waals surface area contributed by atoms with Crippen LogP contribution in [-0.4, -0.2) is 19.4 Å². The van der Waals surface area contributed by atoms with Crippen LogP contribution in [-0.2, 0) is 19.2 Å². The first-order valence-corrected chi connectivity index (χ1v) is 10.3. The van der Waals surface area contributed by atoms with Crippen LogP contribution in [0.5, 0.6) is 0 Å². The first-order valence-electron chi connectivity index (χ1n) is 8.91. The van der Waals surface area contributed by atoms with Gasteiger partial charge in [-0.05, 0) is 42.0 Å². The largest absolute Gasteiger partial charge is 0.317 e. The quantitative estimate of drug-likeness (QED) is 0.438. The lowest BCUT2D eigenvalue weighted by Gasteiger charge is -2.37. The first kappa shape index (κ1) is 19.0. The maximum absolute atomic E-state index is 12.6. The van der Waals surface area contributed by atoms with Crippen LogP contribution >= 0.6 is 0 Å². The van der Waals surface area contributed by atoms with E-state index in [-0.39, 0.29) is 17.2 Å². The summed E-state index contributed by atoms with van der Waals surface area (Å²) in [6, 6.07) is 23.7. The van der Waals surface area contributed by atoms with Crippen LogP contribution in [0.1, 0.15) is 18.0 Å². The van der Waals surface area contributed by atoms with Gasteiger partial charge in [0.05, 0.1) is 28.7 Å². The summed E-state index contributed by atoms with van der Waals surface area (Å²) in [5, 5.41) is 9.07. The summed E-state index contributed by atoms with van der Waals surface area (Å²) in [6.45, 7) is 0.